The van der Waals surface area contributed by atoms with Gasteiger partial charge in [-0.2, -0.15) is 0 Å². The maximum atomic E-state index is 13.1. The quantitative estimate of drug-likeness (QED) is 0.664. The van der Waals surface area contributed by atoms with Crippen molar-refractivity contribution in [3.63, 3.8) is 0 Å². The average molecular weight is 387 g/mol. The third-order valence-electron chi connectivity index (χ3n) is 4.82. The first-order chi connectivity index (χ1) is 14.2. The molecule has 1 N–H and O–H groups in total. The second-order valence-corrected chi connectivity index (χ2v) is 6.69. The van der Waals surface area contributed by atoms with Crippen LogP contribution in [-0.2, 0) is 11.2 Å². The first-order valence-corrected chi connectivity index (χ1v) is 9.55. The molecule has 4 rings (SSSR count). The molecule has 0 saturated carbocycles. The third-order valence-corrected chi connectivity index (χ3v) is 4.82. The molecule has 0 spiro atoms. The van der Waals surface area contributed by atoms with Crippen molar-refractivity contribution in [2.24, 2.45) is 0 Å². The molecule has 0 saturated heterocycles. The van der Waals surface area contributed by atoms with E-state index in [4.69, 9.17) is 4.74 Å². The number of aromatic nitrogens is 1. The number of nitrogens with one attached hydrogen (secondary N) is 1. The van der Waals surface area contributed by atoms with Gasteiger partial charge < -0.3 is 15.0 Å². The van der Waals surface area contributed by atoms with E-state index in [-0.39, 0.29) is 5.91 Å². The smallest absolute Gasteiger partial charge is 0.340 e. The number of nitrogens with zero attached hydrogens (tertiary/aromatic N) is 2. The highest BCUT2D eigenvalue weighted by molar-refractivity contribution is 6.07. The van der Waals surface area contributed by atoms with Crippen molar-refractivity contribution in [3.8, 4) is 0 Å². The summed E-state index contributed by atoms with van der Waals surface area (Å²) >= 11 is 0. The lowest BCUT2D eigenvalue weighted by Gasteiger charge is -2.18. The van der Waals surface area contributed by atoms with Crippen LogP contribution in [0.1, 0.15) is 33.2 Å². The number of hydrogen-bond donors (Lipinski definition) is 1. The number of amides is 1. The monoisotopic (exact) mass is 387 g/mol. The van der Waals surface area contributed by atoms with Crippen LogP contribution in [0.5, 0.6) is 0 Å². The Morgan fingerprint density at radius 2 is 1.90 bits per heavy atom. The van der Waals surface area contributed by atoms with E-state index in [2.05, 4.69) is 10.3 Å². The van der Waals surface area contributed by atoms with Gasteiger partial charge in [0.25, 0.3) is 5.91 Å². The van der Waals surface area contributed by atoms with Crippen molar-refractivity contribution in [2.45, 2.75) is 13.3 Å². The minimum atomic E-state index is -0.399. The van der Waals surface area contributed by atoms with Crippen LogP contribution in [0.4, 0.5) is 17.1 Å². The van der Waals surface area contributed by atoms with Crippen LogP contribution >= 0.6 is 0 Å². The molecule has 0 unspecified atom stereocenters. The summed E-state index contributed by atoms with van der Waals surface area (Å²) in [5.74, 6) is -0.491. The first kappa shape index (κ1) is 18.7. The van der Waals surface area contributed by atoms with E-state index in [1.54, 1.807) is 48.5 Å². The van der Waals surface area contributed by atoms with Gasteiger partial charge in [0.2, 0.25) is 0 Å². The van der Waals surface area contributed by atoms with E-state index in [0.717, 1.165) is 12.1 Å². The third kappa shape index (κ3) is 3.82. The van der Waals surface area contributed by atoms with E-state index in [0.29, 0.717) is 35.7 Å². The van der Waals surface area contributed by atoms with E-state index in [1.165, 1.54) is 5.56 Å². The number of carbonyl (C=O) groups is 2. The number of fused-ring (bicyclic) bond motifs is 1. The Balaban J connectivity index is 1.58. The summed E-state index contributed by atoms with van der Waals surface area (Å²) < 4.78 is 5.11. The molecule has 3 aromatic rings. The molecule has 6 heteroatoms. The van der Waals surface area contributed by atoms with Gasteiger partial charge in [-0.1, -0.05) is 30.3 Å². The Kier molecular flexibility index (Phi) is 5.24. The number of esters is 1. The highest BCUT2D eigenvalue weighted by atomic mass is 16.5. The van der Waals surface area contributed by atoms with Crippen molar-refractivity contribution >= 4 is 28.9 Å². The topological polar surface area (TPSA) is 71.5 Å². The highest BCUT2D eigenvalue weighted by Crippen LogP contribution is 2.29. The summed E-state index contributed by atoms with van der Waals surface area (Å²) in [5.41, 5.74) is 4.26. The fourth-order valence-electron chi connectivity index (χ4n) is 3.46. The summed E-state index contributed by atoms with van der Waals surface area (Å²) in [6.45, 7) is 2.72. The van der Waals surface area contributed by atoms with Gasteiger partial charge in [-0.25, -0.2) is 4.79 Å². The maximum absolute atomic E-state index is 13.1. The van der Waals surface area contributed by atoms with Crippen LogP contribution in [0.15, 0.2) is 67.0 Å². The summed E-state index contributed by atoms with van der Waals surface area (Å²) in [5, 5.41) is 3.18. The minimum absolute atomic E-state index is 0.0928. The lowest BCUT2D eigenvalue weighted by Crippen LogP contribution is -2.29. The average Bonchev–Trinajstić information content (AvgIpc) is 3.18. The van der Waals surface area contributed by atoms with Crippen molar-refractivity contribution in [2.75, 3.05) is 23.4 Å². The van der Waals surface area contributed by atoms with E-state index in [9.17, 15) is 9.59 Å². The van der Waals surface area contributed by atoms with E-state index in [1.807, 2.05) is 30.3 Å². The Bertz CT molecular complexity index is 1060. The highest BCUT2D eigenvalue weighted by Gasteiger charge is 2.25. The second-order valence-electron chi connectivity index (χ2n) is 6.69. The number of para-hydroxylation sites is 2. The molecule has 0 bridgehead atoms. The van der Waals surface area contributed by atoms with Gasteiger partial charge in [-0.3, -0.25) is 9.78 Å². The van der Waals surface area contributed by atoms with E-state index < -0.39 is 5.97 Å². The molecule has 0 atom stereocenters. The fraction of sp³-hybridized carbons (Fsp3) is 0.174. The van der Waals surface area contributed by atoms with Crippen LogP contribution in [0.3, 0.4) is 0 Å². The van der Waals surface area contributed by atoms with Crippen molar-refractivity contribution in [1.29, 1.82) is 0 Å². The second kappa shape index (κ2) is 8.14. The Hall–Kier alpha value is -3.67. The zero-order chi connectivity index (χ0) is 20.2. The minimum Gasteiger partial charge on any atom is -0.462 e. The van der Waals surface area contributed by atoms with Crippen molar-refractivity contribution in [1.82, 2.24) is 4.98 Å². The molecular weight excluding hydrogens is 366 g/mol. The van der Waals surface area contributed by atoms with Crippen LogP contribution in [0.25, 0.3) is 0 Å². The molecule has 0 aliphatic carbocycles. The summed E-state index contributed by atoms with van der Waals surface area (Å²) in [7, 11) is 0. The molecule has 2 aromatic carbocycles. The van der Waals surface area contributed by atoms with Crippen molar-refractivity contribution < 1.29 is 14.3 Å². The number of pyridine rings is 1. The predicted molar refractivity (Wildman–Crippen MR) is 112 cm³/mol. The molecule has 1 aliphatic heterocycles. The molecule has 0 radical (unpaired) electrons. The molecule has 146 valence electrons. The van der Waals surface area contributed by atoms with Crippen molar-refractivity contribution in [3.05, 3.63) is 83.7 Å². The number of ether oxygens (including phenoxy) is 1. The van der Waals surface area contributed by atoms with Gasteiger partial charge in [0, 0.05) is 18.4 Å². The largest absolute Gasteiger partial charge is 0.462 e. The summed E-state index contributed by atoms with van der Waals surface area (Å²) in [6, 6.07) is 16.8. The maximum Gasteiger partial charge on any atom is 0.340 e. The molecule has 0 fully saturated rings. The molecule has 2 heterocycles. The van der Waals surface area contributed by atoms with Gasteiger partial charge in [0.1, 0.15) is 0 Å². The van der Waals surface area contributed by atoms with Gasteiger partial charge in [-0.05, 0) is 43.2 Å². The van der Waals surface area contributed by atoms with Crippen LogP contribution < -0.4 is 10.2 Å². The lowest BCUT2D eigenvalue weighted by atomic mass is 10.1. The SMILES string of the molecule is CCOC(=O)c1ccccc1Nc1cncc(C(=O)N2CCc3ccccc32)c1. The number of benzene rings is 2. The molecule has 29 heavy (non-hydrogen) atoms. The number of rotatable bonds is 5. The number of hydrogen-bond acceptors (Lipinski definition) is 5. The zero-order valence-electron chi connectivity index (χ0n) is 16.1. The Labute approximate surface area is 169 Å². The van der Waals surface area contributed by atoms with Crippen LogP contribution in [0.2, 0.25) is 0 Å². The first-order valence-electron chi connectivity index (χ1n) is 9.55. The fourth-order valence-corrected chi connectivity index (χ4v) is 3.46. The van der Waals surface area contributed by atoms with Crippen LogP contribution in [0, 0.1) is 0 Å². The van der Waals surface area contributed by atoms with Gasteiger partial charge >= 0.3 is 5.97 Å². The predicted octanol–water partition coefficient (Wildman–Crippen LogP) is 4.20. The summed E-state index contributed by atoms with van der Waals surface area (Å²) in [4.78, 5) is 31.2. The van der Waals surface area contributed by atoms with Gasteiger partial charge in [-0.15, -0.1) is 0 Å². The normalized spacial score (nSPS) is 12.4. The number of carbonyl (C=O) groups excluding carboxylic acids is 2. The van der Waals surface area contributed by atoms with Gasteiger partial charge in [0.15, 0.2) is 0 Å². The lowest BCUT2D eigenvalue weighted by molar-refractivity contribution is 0.0527. The Morgan fingerprint density at radius 1 is 1.10 bits per heavy atom. The van der Waals surface area contributed by atoms with E-state index >= 15 is 0 Å². The molecule has 1 amide bonds. The molecule has 1 aliphatic rings. The molecular formula is C23H21N3O3. The summed E-state index contributed by atoms with van der Waals surface area (Å²) in [6.07, 6.45) is 4.03. The standard InChI is InChI=1S/C23H21N3O3/c1-2-29-23(28)19-8-4-5-9-20(19)25-18-13-17(14-24-15-18)22(27)26-12-11-16-7-3-6-10-21(16)26/h3-10,13-15,25H,2,11-12H2,1H3. The van der Waals surface area contributed by atoms with Crippen LogP contribution in [-0.4, -0.2) is 30.0 Å². The van der Waals surface area contributed by atoms with Gasteiger partial charge in [0.05, 0.1) is 35.3 Å². The zero-order valence-corrected chi connectivity index (χ0v) is 16.1. The molecule has 1 aromatic heterocycles. The number of anilines is 3. The molecule has 6 nitrogen and oxygen atoms in total. The Morgan fingerprint density at radius 3 is 2.76 bits per heavy atom.